The number of carbonyl (C=O) groups is 1. The number of rotatable bonds is 3. The molecule has 1 N–H and O–H groups in total. The molecular formula is C18H15ClN2O2. The molecule has 0 spiro atoms. The van der Waals surface area contributed by atoms with Gasteiger partial charge in [-0.05, 0) is 55.3 Å². The van der Waals surface area contributed by atoms with Crippen molar-refractivity contribution in [3.8, 4) is 16.9 Å². The van der Waals surface area contributed by atoms with E-state index in [0.29, 0.717) is 10.7 Å². The first-order valence-corrected chi connectivity index (χ1v) is 7.50. The molecule has 0 atom stereocenters. The largest absolute Gasteiger partial charge is 0.476 e. The number of benzene rings is 2. The van der Waals surface area contributed by atoms with Crippen LogP contribution >= 0.6 is 11.6 Å². The Kier molecular flexibility index (Phi) is 3.92. The van der Waals surface area contributed by atoms with Gasteiger partial charge in [-0.3, -0.25) is 0 Å². The molecule has 0 radical (unpaired) electrons. The van der Waals surface area contributed by atoms with Crippen molar-refractivity contribution in [1.82, 2.24) is 9.78 Å². The summed E-state index contributed by atoms with van der Waals surface area (Å²) >= 11 is 5.94. The Morgan fingerprint density at radius 3 is 2.22 bits per heavy atom. The zero-order chi connectivity index (χ0) is 16.6. The second-order valence-corrected chi connectivity index (χ2v) is 5.92. The number of nitrogens with zero attached hydrogens (tertiary/aromatic N) is 2. The minimum absolute atomic E-state index is 0.00843. The Bertz CT molecular complexity index is 862. The van der Waals surface area contributed by atoms with Crippen molar-refractivity contribution < 1.29 is 9.90 Å². The van der Waals surface area contributed by atoms with Gasteiger partial charge in [0.15, 0.2) is 5.69 Å². The zero-order valence-corrected chi connectivity index (χ0v) is 13.5. The van der Waals surface area contributed by atoms with Gasteiger partial charge in [0.05, 0.1) is 11.4 Å². The van der Waals surface area contributed by atoms with E-state index in [1.807, 2.05) is 38.1 Å². The van der Waals surface area contributed by atoms with Gasteiger partial charge < -0.3 is 5.11 Å². The van der Waals surface area contributed by atoms with Crippen molar-refractivity contribution in [2.75, 3.05) is 0 Å². The number of aromatic carboxylic acids is 1. The number of carboxylic acids is 1. The first kappa shape index (κ1) is 15.3. The van der Waals surface area contributed by atoms with Crippen LogP contribution in [0.3, 0.4) is 0 Å². The van der Waals surface area contributed by atoms with Crippen LogP contribution in [0.1, 0.15) is 21.6 Å². The first-order chi connectivity index (χ1) is 10.9. The number of halogens is 1. The Labute approximate surface area is 139 Å². The number of hydrogen-bond donors (Lipinski definition) is 1. The van der Waals surface area contributed by atoms with E-state index in [4.69, 9.17) is 11.6 Å². The minimum Gasteiger partial charge on any atom is -0.476 e. The summed E-state index contributed by atoms with van der Waals surface area (Å²) in [6.45, 7) is 4.00. The maximum atomic E-state index is 11.3. The molecular weight excluding hydrogens is 312 g/mol. The molecule has 5 heteroatoms. The zero-order valence-electron chi connectivity index (χ0n) is 12.7. The topological polar surface area (TPSA) is 55.1 Å². The molecule has 0 aliphatic rings. The van der Waals surface area contributed by atoms with Crippen molar-refractivity contribution in [1.29, 1.82) is 0 Å². The van der Waals surface area contributed by atoms with Crippen molar-refractivity contribution in [3.63, 3.8) is 0 Å². The number of carboxylic acid groups (broad SMARTS) is 1. The lowest BCUT2D eigenvalue weighted by Gasteiger charge is -2.10. The monoisotopic (exact) mass is 326 g/mol. The molecule has 23 heavy (non-hydrogen) atoms. The highest BCUT2D eigenvalue weighted by atomic mass is 35.5. The van der Waals surface area contributed by atoms with Crippen LogP contribution < -0.4 is 0 Å². The normalized spacial score (nSPS) is 10.7. The average molecular weight is 327 g/mol. The molecule has 0 aliphatic heterocycles. The Morgan fingerprint density at radius 1 is 1.04 bits per heavy atom. The van der Waals surface area contributed by atoms with Crippen LogP contribution in [0.15, 0.2) is 48.5 Å². The SMILES string of the molecule is Cc1cc(C)cc(-n2nc(C(=O)O)cc2-c2ccc(Cl)cc2)c1. The summed E-state index contributed by atoms with van der Waals surface area (Å²) in [5.74, 6) is -1.05. The van der Waals surface area contributed by atoms with Gasteiger partial charge >= 0.3 is 5.97 Å². The van der Waals surface area contributed by atoms with Gasteiger partial charge in [0.2, 0.25) is 0 Å². The minimum atomic E-state index is -1.05. The van der Waals surface area contributed by atoms with Crippen molar-refractivity contribution in [2.24, 2.45) is 0 Å². The molecule has 0 bridgehead atoms. The van der Waals surface area contributed by atoms with Crippen LogP contribution in [0.4, 0.5) is 0 Å². The summed E-state index contributed by atoms with van der Waals surface area (Å²) in [5.41, 5.74) is 4.59. The second-order valence-electron chi connectivity index (χ2n) is 5.48. The van der Waals surface area contributed by atoms with Crippen LogP contribution in [0.2, 0.25) is 5.02 Å². The fourth-order valence-electron chi connectivity index (χ4n) is 2.58. The lowest BCUT2D eigenvalue weighted by Crippen LogP contribution is -2.03. The summed E-state index contributed by atoms with van der Waals surface area (Å²) in [6.07, 6.45) is 0. The molecule has 1 heterocycles. The van der Waals surface area contributed by atoms with Gasteiger partial charge in [-0.25, -0.2) is 9.48 Å². The lowest BCUT2D eigenvalue weighted by atomic mass is 10.1. The lowest BCUT2D eigenvalue weighted by molar-refractivity contribution is 0.0690. The Balaban J connectivity index is 2.22. The predicted octanol–water partition coefficient (Wildman–Crippen LogP) is 4.51. The molecule has 0 fully saturated rings. The molecule has 0 aliphatic carbocycles. The highest BCUT2D eigenvalue weighted by molar-refractivity contribution is 6.30. The van der Waals surface area contributed by atoms with Crippen LogP contribution in [0, 0.1) is 13.8 Å². The highest BCUT2D eigenvalue weighted by Gasteiger charge is 2.16. The van der Waals surface area contributed by atoms with Crippen LogP contribution in [-0.4, -0.2) is 20.9 Å². The van der Waals surface area contributed by atoms with Gasteiger partial charge in [0, 0.05) is 10.6 Å². The molecule has 116 valence electrons. The maximum Gasteiger partial charge on any atom is 0.356 e. The van der Waals surface area contributed by atoms with Gasteiger partial charge in [-0.1, -0.05) is 29.8 Å². The van der Waals surface area contributed by atoms with Crippen LogP contribution in [-0.2, 0) is 0 Å². The number of hydrogen-bond acceptors (Lipinski definition) is 2. The van der Waals surface area contributed by atoms with E-state index in [9.17, 15) is 9.90 Å². The summed E-state index contributed by atoms with van der Waals surface area (Å²) in [7, 11) is 0. The molecule has 1 aromatic heterocycles. The Morgan fingerprint density at radius 2 is 1.65 bits per heavy atom. The van der Waals surface area contributed by atoms with Crippen LogP contribution in [0.25, 0.3) is 16.9 Å². The van der Waals surface area contributed by atoms with E-state index < -0.39 is 5.97 Å². The summed E-state index contributed by atoms with van der Waals surface area (Å²) in [5, 5.41) is 14.1. The number of aromatic nitrogens is 2. The average Bonchev–Trinajstić information content (AvgIpc) is 2.92. The molecule has 3 rings (SSSR count). The molecule has 4 nitrogen and oxygen atoms in total. The number of aryl methyl sites for hydroxylation is 2. The second kappa shape index (κ2) is 5.89. The summed E-state index contributed by atoms with van der Waals surface area (Å²) in [4.78, 5) is 11.3. The van der Waals surface area contributed by atoms with Gasteiger partial charge in [0.1, 0.15) is 0 Å². The van der Waals surface area contributed by atoms with E-state index in [0.717, 1.165) is 22.4 Å². The van der Waals surface area contributed by atoms with Crippen molar-refractivity contribution in [3.05, 3.63) is 70.4 Å². The third-order valence-corrected chi connectivity index (χ3v) is 3.77. The molecule has 0 unspecified atom stereocenters. The van der Waals surface area contributed by atoms with Gasteiger partial charge in [0.25, 0.3) is 0 Å². The van der Waals surface area contributed by atoms with E-state index in [-0.39, 0.29) is 5.69 Å². The van der Waals surface area contributed by atoms with Crippen molar-refractivity contribution >= 4 is 17.6 Å². The Hall–Kier alpha value is -2.59. The van der Waals surface area contributed by atoms with E-state index >= 15 is 0 Å². The summed E-state index contributed by atoms with van der Waals surface area (Å²) in [6, 6.07) is 14.8. The molecule has 3 aromatic rings. The fourth-order valence-corrected chi connectivity index (χ4v) is 2.71. The predicted molar refractivity (Wildman–Crippen MR) is 90.4 cm³/mol. The van der Waals surface area contributed by atoms with E-state index in [1.165, 1.54) is 0 Å². The van der Waals surface area contributed by atoms with Crippen LogP contribution in [0.5, 0.6) is 0 Å². The van der Waals surface area contributed by atoms with Crippen molar-refractivity contribution in [2.45, 2.75) is 13.8 Å². The standard InChI is InChI=1S/C18H15ClN2O2/c1-11-7-12(2)9-15(8-11)21-17(10-16(20-21)18(22)23)13-3-5-14(19)6-4-13/h3-10H,1-2H3,(H,22,23). The van der Waals surface area contributed by atoms with E-state index in [1.54, 1.807) is 22.9 Å². The van der Waals surface area contributed by atoms with Gasteiger partial charge in [-0.15, -0.1) is 0 Å². The molecule has 2 aromatic carbocycles. The summed E-state index contributed by atoms with van der Waals surface area (Å²) < 4.78 is 1.66. The molecule has 0 saturated heterocycles. The third kappa shape index (κ3) is 3.12. The van der Waals surface area contributed by atoms with E-state index in [2.05, 4.69) is 11.2 Å². The molecule has 0 saturated carbocycles. The van der Waals surface area contributed by atoms with Gasteiger partial charge in [-0.2, -0.15) is 5.10 Å². The smallest absolute Gasteiger partial charge is 0.356 e. The first-order valence-electron chi connectivity index (χ1n) is 7.12. The maximum absolute atomic E-state index is 11.3. The third-order valence-electron chi connectivity index (χ3n) is 3.52. The molecule has 0 amide bonds. The fraction of sp³-hybridized carbons (Fsp3) is 0.111. The quantitative estimate of drug-likeness (QED) is 0.770. The highest BCUT2D eigenvalue weighted by Crippen LogP contribution is 2.26.